The second kappa shape index (κ2) is 8.39. The highest BCUT2D eigenvalue weighted by molar-refractivity contribution is 5.79. The van der Waals surface area contributed by atoms with Gasteiger partial charge >= 0.3 is 5.69 Å². The number of hydrogen-bond acceptors (Lipinski definition) is 7. The van der Waals surface area contributed by atoms with E-state index >= 15 is 0 Å². The summed E-state index contributed by atoms with van der Waals surface area (Å²) in [5, 5.41) is 16.2. The summed E-state index contributed by atoms with van der Waals surface area (Å²) in [5.74, 6) is 1.57. The predicted octanol–water partition coefficient (Wildman–Crippen LogP) is 3.14. The smallest absolute Gasteiger partial charge is 0.333 e. The highest BCUT2D eigenvalue weighted by atomic mass is 16.1. The van der Waals surface area contributed by atoms with Crippen molar-refractivity contribution in [3.63, 3.8) is 0 Å². The average Bonchev–Trinajstić information content (AvgIpc) is 3.37. The SMILES string of the molecule is Cc1cnc(N[C@H]2CC[C@H](Nc3ccc(-n4c(=O)n(C)c5ccc(C#N)cc54)cn3)C2)cn1. The third-order valence-corrected chi connectivity index (χ3v) is 6.11. The Bertz CT molecular complexity index is 1400. The summed E-state index contributed by atoms with van der Waals surface area (Å²) in [4.78, 5) is 26.1. The molecule has 3 aromatic heterocycles. The molecule has 1 fully saturated rings. The Kier molecular flexibility index (Phi) is 5.26. The van der Waals surface area contributed by atoms with E-state index in [0.29, 0.717) is 28.9 Å². The molecule has 0 saturated heterocycles. The molecule has 0 aliphatic heterocycles. The molecule has 5 rings (SSSR count). The normalized spacial score (nSPS) is 17.7. The van der Waals surface area contributed by atoms with Crippen molar-refractivity contribution in [1.82, 2.24) is 24.1 Å². The summed E-state index contributed by atoms with van der Waals surface area (Å²) in [7, 11) is 1.73. The Balaban J connectivity index is 1.30. The van der Waals surface area contributed by atoms with Crippen molar-refractivity contribution in [3.05, 3.63) is 70.7 Å². The first-order valence-electron chi connectivity index (χ1n) is 10.9. The summed E-state index contributed by atoms with van der Waals surface area (Å²) in [5.41, 5.74) is 3.35. The van der Waals surface area contributed by atoms with Gasteiger partial charge in [-0.1, -0.05) is 0 Å². The first kappa shape index (κ1) is 20.7. The fourth-order valence-corrected chi connectivity index (χ4v) is 4.39. The molecule has 0 bridgehead atoms. The van der Waals surface area contributed by atoms with Crippen LogP contribution in [0.5, 0.6) is 0 Å². The number of aryl methyl sites for hydroxylation is 2. The maximum atomic E-state index is 12.8. The van der Waals surface area contributed by atoms with Crippen molar-refractivity contribution in [2.24, 2.45) is 7.05 Å². The molecule has 166 valence electrons. The minimum Gasteiger partial charge on any atom is -0.367 e. The number of nitrogens with one attached hydrogen (secondary N) is 2. The van der Waals surface area contributed by atoms with Crippen molar-refractivity contribution in [2.75, 3.05) is 10.6 Å². The molecule has 33 heavy (non-hydrogen) atoms. The molecule has 9 nitrogen and oxygen atoms in total. The van der Waals surface area contributed by atoms with E-state index in [4.69, 9.17) is 0 Å². The molecule has 9 heteroatoms. The molecule has 2 atom stereocenters. The van der Waals surface area contributed by atoms with E-state index in [1.165, 1.54) is 0 Å². The van der Waals surface area contributed by atoms with Gasteiger partial charge in [0.2, 0.25) is 0 Å². The molecule has 0 unspecified atom stereocenters. The van der Waals surface area contributed by atoms with Crippen LogP contribution in [0.15, 0.2) is 53.7 Å². The molecule has 1 aromatic carbocycles. The van der Waals surface area contributed by atoms with Crippen LogP contribution in [0.4, 0.5) is 11.6 Å². The number of hydrogen-bond donors (Lipinski definition) is 2. The number of benzene rings is 1. The van der Waals surface area contributed by atoms with Crippen LogP contribution in [-0.4, -0.2) is 36.2 Å². The van der Waals surface area contributed by atoms with Crippen LogP contribution in [-0.2, 0) is 7.05 Å². The van der Waals surface area contributed by atoms with Crippen LogP contribution in [0.2, 0.25) is 0 Å². The molecule has 4 aromatic rings. The second-order valence-corrected chi connectivity index (χ2v) is 8.43. The van der Waals surface area contributed by atoms with Gasteiger partial charge in [0.25, 0.3) is 0 Å². The number of imidazole rings is 1. The van der Waals surface area contributed by atoms with Crippen LogP contribution >= 0.6 is 0 Å². The van der Waals surface area contributed by atoms with Crippen LogP contribution in [0.1, 0.15) is 30.5 Å². The number of nitrogens with zero attached hydrogens (tertiary/aromatic N) is 6. The minimum atomic E-state index is -0.175. The maximum Gasteiger partial charge on any atom is 0.333 e. The number of aromatic nitrogens is 5. The Morgan fingerprint density at radius 2 is 1.73 bits per heavy atom. The van der Waals surface area contributed by atoms with Crippen LogP contribution in [0.3, 0.4) is 0 Å². The lowest BCUT2D eigenvalue weighted by Gasteiger charge is -2.15. The molecule has 1 aliphatic rings. The van der Waals surface area contributed by atoms with E-state index in [0.717, 1.165) is 42.1 Å². The third-order valence-electron chi connectivity index (χ3n) is 6.11. The Morgan fingerprint density at radius 3 is 2.39 bits per heavy atom. The topological polar surface area (TPSA) is 113 Å². The van der Waals surface area contributed by atoms with Gasteiger partial charge in [0.1, 0.15) is 11.6 Å². The molecule has 0 radical (unpaired) electrons. The third kappa shape index (κ3) is 4.03. The van der Waals surface area contributed by atoms with Crippen molar-refractivity contribution >= 4 is 22.7 Å². The molecule has 1 aliphatic carbocycles. The Hall–Kier alpha value is -4.19. The molecule has 2 N–H and O–H groups in total. The zero-order valence-electron chi connectivity index (χ0n) is 18.5. The van der Waals surface area contributed by atoms with Crippen molar-refractivity contribution in [3.8, 4) is 11.8 Å². The summed E-state index contributed by atoms with van der Waals surface area (Å²) in [6, 6.07) is 11.8. The molecular weight excluding hydrogens is 416 g/mol. The Morgan fingerprint density at radius 1 is 0.970 bits per heavy atom. The molecular formula is C24H24N8O. The lowest BCUT2D eigenvalue weighted by atomic mass is 10.2. The number of nitriles is 1. The largest absolute Gasteiger partial charge is 0.367 e. The first-order chi connectivity index (χ1) is 16.0. The molecule has 1 saturated carbocycles. The summed E-state index contributed by atoms with van der Waals surface area (Å²) in [6.45, 7) is 1.92. The quantitative estimate of drug-likeness (QED) is 0.490. The van der Waals surface area contributed by atoms with Gasteiger partial charge in [-0.3, -0.25) is 14.1 Å². The van der Waals surface area contributed by atoms with Crippen molar-refractivity contribution < 1.29 is 0 Å². The maximum absolute atomic E-state index is 12.8. The van der Waals surface area contributed by atoms with Crippen LogP contribution in [0, 0.1) is 18.3 Å². The van der Waals surface area contributed by atoms with Gasteiger partial charge in [0.05, 0.1) is 52.6 Å². The monoisotopic (exact) mass is 440 g/mol. The minimum absolute atomic E-state index is 0.175. The molecule has 0 spiro atoms. The van der Waals surface area contributed by atoms with Gasteiger partial charge in [-0.2, -0.15) is 5.26 Å². The highest BCUT2D eigenvalue weighted by Gasteiger charge is 2.25. The number of rotatable bonds is 5. The van der Waals surface area contributed by atoms with E-state index < -0.39 is 0 Å². The van der Waals surface area contributed by atoms with Gasteiger partial charge in [-0.05, 0) is 56.5 Å². The lowest BCUT2D eigenvalue weighted by Crippen LogP contribution is -2.22. The zero-order valence-corrected chi connectivity index (χ0v) is 18.5. The standard InChI is InChI=1S/C24H24N8O/c1-15-12-27-23(14-26-15)30-18-5-4-17(10-18)29-22-8-6-19(13-28-22)32-21-9-16(11-25)3-7-20(21)31(2)24(32)33/h3,6-9,12-14,17-18H,4-5,10H2,1-2H3,(H,27,30)(H,28,29)/t17-,18-/m0/s1. The van der Waals surface area contributed by atoms with Crippen LogP contribution < -0.4 is 16.3 Å². The van der Waals surface area contributed by atoms with Gasteiger partial charge in [0.15, 0.2) is 0 Å². The summed E-state index contributed by atoms with van der Waals surface area (Å²) < 4.78 is 3.16. The van der Waals surface area contributed by atoms with E-state index in [-0.39, 0.29) is 5.69 Å². The number of pyridine rings is 1. The predicted molar refractivity (Wildman–Crippen MR) is 126 cm³/mol. The van der Waals surface area contributed by atoms with Crippen molar-refractivity contribution in [2.45, 2.75) is 38.3 Å². The van der Waals surface area contributed by atoms with E-state index in [1.54, 1.807) is 53.0 Å². The Labute approximate surface area is 190 Å². The van der Waals surface area contributed by atoms with Crippen LogP contribution in [0.25, 0.3) is 16.7 Å². The van der Waals surface area contributed by atoms with Gasteiger partial charge in [-0.15, -0.1) is 0 Å². The second-order valence-electron chi connectivity index (χ2n) is 8.43. The molecule has 0 amide bonds. The van der Waals surface area contributed by atoms with E-state index in [9.17, 15) is 10.1 Å². The van der Waals surface area contributed by atoms with Crippen molar-refractivity contribution in [1.29, 1.82) is 5.26 Å². The average molecular weight is 441 g/mol. The van der Waals surface area contributed by atoms with Gasteiger partial charge in [-0.25, -0.2) is 14.8 Å². The number of fused-ring (bicyclic) bond motifs is 1. The highest BCUT2D eigenvalue weighted by Crippen LogP contribution is 2.25. The van der Waals surface area contributed by atoms with Gasteiger partial charge < -0.3 is 10.6 Å². The van der Waals surface area contributed by atoms with E-state index in [2.05, 4.69) is 31.7 Å². The molecule has 3 heterocycles. The number of anilines is 2. The summed E-state index contributed by atoms with van der Waals surface area (Å²) >= 11 is 0. The van der Waals surface area contributed by atoms with E-state index in [1.807, 2.05) is 19.1 Å². The first-order valence-corrected chi connectivity index (χ1v) is 10.9. The summed E-state index contributed by atoms with van der Waals surface area (Å²) in [6.07, 6.45) is 8.25. The fraction of sp³-hybridized carbons (Fsp3) is 0.292. The zero-order chi connectivity index (χ0) is 22.9. The lowest BCUT2D eigenvalue weighted by molar-refractivity contribution is 0.719. The van der Waals surface area contributed by atoms with Gasteiger partial charge in [0, 0.05) is 19.1 Å². The fourth-order valence-electron chi connectivity index (χ4n) is 4.39.